The molecule has 0 unspecified atom stereocenters. The van der Waals surface area contributed by atoms with E-state index < -0.39 is 0 Å². The van der Waals surface area contributed by atoms with Crippen molar-refractivity contribution in [2.24, 2.45) is 11.7 Å². The van der Waals surface area contributed by atoms with Gasteiger partial charge in [0.15, 0.2) is 0 Å². The lowest BCUT2D eigenvalue weighted by molar-refractivity contribution is -0.132. The number of carbonyl (C=O) groups is 1. The second-order valence-electron chi connectivity index (χ2n) is 4.67. The minimum Gasteiger partial charge on any atom is -0.381 e. The fraction of sp³-hybridized carbons (Fsp3) is 0.917. The van der Waals surface area contributed by atoms with Crippen LogP contribution in [0.4, 0.5) is 0 Å². The van der Waals surface area contributed by atoms with Crippen LogP contribution in [0.3, 0.4) is 0 Å². The Kier molecular flexibility index (Phi) is 5.77. The molecule has 94 valence electrons. The van der Waals surface area contributed by atoms with Gasteiger partial charge >= 0.3 is 0 Å². The first kappa shape index (κ1) is 13.5. The van der Waals surface area contributed by atoms with Crippen LogP contribution in [0.25, 0.3) is 0 Å². The van der Waals surface area contributed by atoms with Crippen molar-refractivity contribution in [2.75, 3.05) is 26.8 Å². The summed E-state index contributed by atoms with van der Waals surface area (Å²) in [5, 5.41) is 0. The van der Waals surface area contributed by atoms with Crippen LogP contribution in [0.5, 0.6) is 0 Å². The summed E-state index contributed by atoms with van der Waals surface area (Å²) >= 11 is 0. The molecule has 0 aromatic heterocycles. The molecule has 1 aliphatic rings. The summed E-state index contributed by atoms with van der Waals surface area (Å²) in [5.41, 5.74) is 5.82. The van der Waals surface area contributed by atoms with Gasteiger partial charge in [0.25, 0.3) is 0 Å². The Morgan fingerprint density at radius 2 is 2.12 bits per heavy atom. The SMILES string of the molecule is CCC[C@H](N)C(=O)N(C)CC1CCOCC1. The van der Waals surface area contributed by atoms with Crippen LogP contribution in [0.2, 0.25) is 0 Å². The standard InChI is InChI=1S/C12H24N2O2/c1-3-4-11(13)12(15)14(2)9-10-5-7-16-8-6-10/h10-11H,3-9,13H2,1-2H3/t11-/m0/s1. The molecule has 1 amide bonds. The van der Waals surface area contributed by atoms with Gasteiger partial charge < -0.3 is 15.4 Å². The maximum atomic E-state index is 11.9. The monoisotopic (exact) mass is 228 g/mol. The lowest BCUT2D eigenvalue weighted by atomic mass is 9.99. The molecule has 0 aromatic carbocycles. The average molecular weight is 228 g/mol. The second kappa shape index (κ2) is 6.86. The van der Waals surface area contributed by atoms with E-state index in [1.54, 1.807) is 4.90 Å². The number of amides is 1. The molecule has 2 N–H and O–H groups in total. The Labute approximate surface area is 98.1 Å². The first-order chi connectivity index (χ1) is 7.65. The molecule has 1 rings (SSSR count). The smallest absolute Gasteiger partial charge is 0.239 e. The van der Waals surface area contributed by atoms with Gasteiger partial charge in [-0.1, -0.05) is 13.3 Å². The Morgan fingerprint density at radius 3 is 2.69 bits per heavy atom. The molecule has 1 heterocycles. The van der Waals surface area contributed by atoms with Crippen molar-refractivity contribution in [3.8, 4) is 0 Å². The van der Waals surface area contributed by atoms with Crippen LogP contribution in [0, 0.1) is 5.92 Å². The van der Waals surface area contributed by atoms with E-state index in [-0.39, 0.29) is 11.9 Å². The van der Waals surface area contributed by atoms with Gasteiger partial charge in [0.05, 0.1) is 6.04 Å². The predicted molar refractivity (Wildman–Crippen MR) is 64.1 cm³/mol. The van der Waals surface area contributed by atoms with Crippen molar-refractivity contribution < 1.29 is 9.53 Å². The minimum absolute atomic E-state index is 0.0772. The van der Waals surface area contributed by atoms with Gasteiger partial charge in [-0.2, -0.15) is 0 Å². The molecular weight excluding hydrogens is 204 g/mol. The van der Waals surface area contributed by atoms with Crippen molar-refractivity contribution in [3.63, 3.8) is 0 Å². The van der Waals surface area contributed by atoms with E-state index in [0.717, 1.165) is 45.4 Å². The van der Waals surface area contributed by atoms with Crippen molar-refractivity contribution in [1.29, 1.82) is 0 Å². The maximum Gasteiger partial charge on any atom is 0.239 e. The molecule has 1 aliphatic heterocycles. The predicted octanol–water partition coefficient (Wildman–Crippen LogP) is 0.999. The van der Waals surface area contributed by atoms with Crippen LogP contribution in [-0.2, 0) is 9.53 Å². The molecule has 0 aromatic rings. The van der Waals surface area contributed by atoms with Gasteiger partial charge in [-0.05, 0) is 25.2 Å². The Bertz CT molecular complexity index is 215. The highest BCUT2D eigenvalue weighted by atomic mass is 16.5. The third-order valence-corrected chi connectivity index (χ3v) is 3.17. The molecule has 1 atom stereocenters. The highest BCUT2D eigenvalue weighted by molar-refractivity contribution is 5.81. The van der Waals surface area contributed by atoms with E-state index in [9.17, 15) is 4.79 Å². The number of rotatable bonds is 5. The highest BCUT2D eigenvalue weighted by Crippen LogP contribution is 2.15. The molecule has 0 aliphatic carbocycles. The van der Waals surface area contributed by atoms with Gasteiger partial charge in [-0.25, -0.2) is 0 Å². The zero-order valence-electron chi connectivity index (χ0n) is 10.4. The third kappa shape index (κ3) is 4.10. The summed E-state index contributed by atoms with van der Waals surface area (Å²) in [4.78, 5) is 13.7. The molecule has 1 saturated heterocycles. The summed E-state index contributed by atoms with van der Waals surface area (Å²) in [6, 6.07) is -0.324. The summed E-state index contributed by atoms with van der Waals surface area (Å²) in [5.74, 6) is 0.657. The zero-order chi connectivity index (χ0) is 12.0. The van der Waals surface area contributed by atoms with E-state index in [0.29, 0.717) is 5.92 Å². The van der Waals surface area contributed by atoms with E-state index in [1.807, 2.05) is 14.0 Å². The van der Waals surface area contributed by atoms with Gasteiger partial charge in [0, 0.05) is 26.8 Å². The van der Waals surface area contributed by atoms with Crippen LogP contribution in [0.15, 0.2) is 0 Å². The average Bonchev–Trinajstić information content (AvgIpc) is 2.29. The Balaban J connectivity index is 2.32. The Morgan fingerprint density at radius 1 is 1.50 bits per heavy atom. The van der Waals surface area contributed by atoms with Gasteiger partial charge in [-0.15, -0.1) is 0 Å². The molecular formula is C12H24N2O2. The van der Waals surface area contributed by atoms with Crippen LogP contribution in [-0.4, -0.2) is 43.7 Å². The van der Waals surface area contributed by atoms with Gasteiger partial charge in [0.2, 0.25) is 5.91 Å². The number of nitrogens with zero attached hydrogens (tertiary/aromatic N) is 1. The number of ether oxygens (including phenoxy) is 1. The topological polar surface area (TPSA) is 55.6 Å². The summed E-state index contributed by atoms with van der Waals surface area (Å²) in [6.07, 6.45) is 3.84. The fourth-order valence-electron chi connectivity index (χ4n) is 2.12. The first-order valence-electron chi connectivity index (χ1n) is 6.23. The van der Waals surface area contributed by atoms with Crippen molar-refractivity contribution in [2.45, 2.75) is 38.6 Å². The quantitative estimate of drug-likeness (QED) is 0.763. The van der Waals surface area contributed by atoms with Crippen molar-refractivity contribution in [1.82, 2.24) is 4.90 Å². The maximum absolute atomic E-state index is 11.9. The van der Waals surface area contributed by atoms with Crippen LogP contribution < -0.4 is 5.73 Å². The lowest BCUT2D eigenvalue weighted by Gasteiger charge is -2.28. The van der Waals surface area contributed by atoms with E-state index in [4.69, 9.17) is 10.5 Å². The van der Waals surface area contributed by atoms with E-state index in [2.05, 4.69) is 0 Å². The van der Waals surface area contributed by atoms with Crippen LogP contribution >= 0.6 is 0 Å². The number of nitrogens with two attached hydrogens (primary N) is 1. The molecule has 0 bridgehead atoms. The van der Waals surface area contributed by atoms with Gasteiger partial charge in [0.1, 0.15) is 0 Å². The molecule has 0 spiro atoms. The number of hydrogen-bond acceptors (Lipinski definition) is 3. The fourth-order valence-corrected chi connectivity index (χ4v) is 2.12. The summed E-state index contributed by atoms with van der Waals surface area (Å²) in [7, 11) is 1.85. The van der Waals surface area contributed by atoms with Gasteiger partial charge in [-0.3, -0.25) is 4.79 Å². The molecule has 4 nitrogen and oxygen atoms in total. The highest BCUT2D eigenvalue weighted by Gasteiger charge is 2.21. The van der Waals surface area contributed by atoms with Crippen molar-refractivity contribution in [3.05, 3.63) is 0 Å². The normalized spacial score (nSPS) is 19.4. The lowest BCUT2D eigenvalue weighted by Crippen LogP contribution is -2.44. The minimum atomic E-state index is -0.324. The largest absolute Gasteiger partial charge is 0.381 e. The second-order valence-corrected chi connectivity index (χ2v) is 4.67. The number of carbonyl (C=O) groups excluding carboxylic acids is 1. The molecule has 0 saturated carbocycles. The zero-order valence-corrected chi connectivity index (χ0v) is 10.4. The summed E-state index contributed by atoms with van der Waals surface area (Å²) in [6.45, 7) is 4.52. The number of likely N-dealkylation sites (N-methyl/N-ethyl adjacent to an activating group) is 1. The van der Waals surface area contributed by atoms with Crippen molar-refractivity contribution >= 4 is 5.91 Å². The van der Waals surface area contributed by atoms with E-state index in [1.165, 1.54) is 0 Å². The Hall–Kier alpha value is -0.610. The molecule has 4 heteroatoms. The molecule has 1 fully saturated rings. The van der Waals surface area contributed by atoms with Crippen LogP contribution in [0.1, 0.15) is 32.6 Å². The third-order valence-electron chi connectivity index (χ3n) is 3.17. The number of hydrogen-bond donors (Lipinski definition) is 1. The molecule has 16 heavy (non-hydrogen) atoms. The van der Waals surface area contributed by atoms with E-state index >= 15 is 0 Å². The summed E-state index contributed by atoms with van der Waals surface area (Å²) < 4.78 is 5.30. The molecule has 0 radical (unpaired) electrons. The first-order valence-corrected chi connectivity index (χ1v) is 6.23.